The largest absolute Gasteiger partial charge is 0.495 e. The number of para-hydroxylation sites is 1. The first-order valence-corrected chi connectivity index (χ1v) is 10.6. The van der Waals surface area contributed by atoms with Crippen molar-refractivity contribution in [3.63, 3.8) is 0 Å². The molecule has 30 heavy (non-hydrogen) atoms. The molecule has 0 saturated carbocycles. The van der Waals surface area contributed by atoms with Crippen LogP contribution in [0.5, 0.6) is 5.75 Å². The van der Waals surface area contributed by atoms with Crippen molar-refractivity contribution in [1.29, 1.82) is 0 Å². The highest BCUT2D eigenvalue weighted by atomic mass is 32.2. The molecule has 0 saturated heterocycles. The maximum absolute atomic E-state index is 13.4. The first-order chi connectivity index (χ1) is 14.2. The average Bonchev–Trinajstić information content (AvgIpc) is 3.01. The van der Waals surface area contributed by atoms with Gasteiger partial charge in [-0.1, -0.05) is 18.2 Å². The number of anilines is 1. The summed E-state index contributed by atoms with van der Waals surface area (Å²) in [4.78, 5) is 12.7. The number of aryl methyl sites for hydroxylation is 1. The fraction of sp³-hybridized carbons (Fsp3) is 0.190. The van der Waals surface area contributed by atoms with Gasteiger partial charge in [-0.15, -0.1) is 0 Å². The number of halogens is 1. The van der Waals surface area contributed by atoms with Gasteiger partial charge in [0.25, 0.3) is 5.91 Å². The molecule has 158 valence electrons. The molecule has 1 heterocycles. The minimum atomic E-state index is -3.96. The Labute approximate surface area is 174 Å². The molecule has 0 unspecified atom stereocenters. The van der Waals surface area contributed by atoms with E-state index in [1.807, 2.05) is 17.6 Å². The second-order valence-corrected chi connectivity index (χ2v) is 8.28. The van der Waals surface area contributed by atoms with Crippen molar-refractivity contribution in [2.75, 3.05) is 12.4 Å². The minimum Gasteiger partial charge on any atom is -0.495 e. The van der Waals surface area contributed by atoms with E-state index in [0.717, 1.165) is 5.69 Å². The number of alkyl halides is 1. The van der Waals surface area contributed by atoms with E-state index in [1.54, 1.807) is 31.2 Å². The van der Waals surface area contributed by atoms with Gasteiger partial charge in [0.1, 0.15) is 17.3 Å². The lowest BCUT2D eigenvalue weighted by Crippen LogP contribution is -2.15. The second kappa shape index (κ2) is 8.29. The van der Waals surface area contributed by atoms with Crippen molar-refractivity contribution in [3.8, 4) is 11.4 Å². The number of benzene rings is 2. The molecule has 1 aromatic heterocycles. The van der Waals surface area contributed by atoms with E-state index in [0.29, 0.717) is 28.2 Å². The van der Waals surface area contributed by atoms with Crippen LogP contribution in [-0.4, -0.2) is 26.0 Å². The summed E-state index contributed by atoms with van der Waals surface area (Å²) in [6, 6.07) is 12.9. The van der Waals surface area contributed by atoms with E-state index in [9.17, 15) is 17.6 Å². The third-order valence-electron chi connectivity index (χ3n) is 4.78. The van der Waals surface area contributed by atoms with E-state index in [2.05, 4.69) is 5.32 Å². The normalized spacial score (nSPS) is 11.4. The molecule has 0 aliphatic rings. The highest BCUT2D eigenvalue weighted by Gasteiger charge is 2.20. The van der Waals surface area contributed by atoms with Crippen molar-refractivity contribution in [2.24, 2.45) is 5.14 Å². The van der Waals surface area contributed by atoms with Crippen LogP contribution in [0.15, 0.2) is 53.4 Å². The lowest BCUT2D eigenvalue weighted by Gasteiger charge is -2.13. The summed E-state index contributed by atoms with van der Waals surface area (Å²) >= 11 is 0. The number of nitrogens with two attached hydrogens (primary N) is 1. The van der Waals surface area contributed by atoms with Gasteiger partial charge in [-0.25, -0.2) is 17.9 Å². The number of amides is 1. The highest BCUT2D eigenvalue weighted by Crippen LogP contribution is 2.28. The Bertz CT molecular complexity index is 1220. The summed E-state index contributed by atoms with van der Waals surface area (Å²) in [5, 5.41) is 7.90. The molecular weight excluding hydrogens is 409 g/mol. The number of sulfonamides is 1. The number of primary sulfonamides is 1. The van der Waals surface area contributed by atoms with Crippen molar-refractivity contribution < 1.29 is 22.3 Å². The summed E-state index contributed by atoms with van der Waals surface area (Å²) in [5.41, 5.74) is 3.39. The summed E-state index contributed by atoms with van der Waals surface area (Å²) in [5.74, 6) is -0.366. The Hall–Kier alpha value is -3.17. The van der Waals surface area contributed by atoms with Gasteiger partial charge in [-0.05, 0) is 38.1 Å². The van der Waals surface area contributed by atoms with Gasteiger partial charge in [-0.2, -0.15) is 0 Å². The molecular formula is C21H22FN3O4S. The van der Waals surface area contributed by atoms with Crippen molar-refractivity contribution in [3.05, 3.63) is 71.0 Å². The summed E-state index contributed by atoms with van der Waals surface area (Å²) in [6.07, 6.45) is 0. The Kier molecular flexibility index (Phi) is 5.95. The molecule has 0 aliphatic carbocycles. The van der Waals surface area contributed by atoms with Crippen molar-refractivity contribution >= 4 is 21.6 Å². The van der Waals surface area contributed by atoms with Gasteiger partial charge in [0.05, 0.1) is 18.4 Å². The van der Waals surface area contributed by atoms with Crippen LogP contribution in [-0.2, 0) is 16.7 Å². The molecule has 3 N–H and O–H groups in total. The average molecular weight is 431 g/mol. The number of hydrogen-bond donors (Lipinski definition) is 2. The monoisotopic (exact) mass is 431 g/mol. The molecule has 3 rings (SSSR count). The quantitative estimate of drug-likeness (QED) is 0.624. The topological polar surface area (TPSA) is 103 Å². The molecule has 0 bridgehead atoms. The second-order valence-electron chi connectivity index (χ2n) is 6.75. The SMILES string of the molecule is COc1cc(NC(=O)c2cc(C)n(-c3ccccc3CF)c2C)ccc1S(N)(=O)=O. The fourth-order valence-corrected chi connectivity index (χ4v) is 4.06. The number of nitrogens with one attached hydrogen (secondary N) is 1. The van der Waals surface area contributed by atoms with Crippen molar-refractivity contribution in [2.45, 2.75) is 25.4 Å². The third-order valence-corrected chi connectivity index (χ3v) is 5.73. The van der Waals surface area contributed by atoms with Gasteiger partial charge in [-0.3, -0.25) is 4.79 Å². The molecule has 0 fully saturated rings. The lowest BCUT2D eigenvalue weighted by atomic mass is 10.2. The summed E-state index contributed by atoms with van der Waals surface area (Å²) < 4.78 is 43.6. The predicted octanol–water partition coefficient (Wildman–Crippen LogP) is 3.47. The van der Waals surface area contributed by atoms with E-state index in [1.165, 1.54) is 25.3 Å². The summed E-state index contributed by atoms with van der Waals surface area (Å²) in [7, 11) is -2.65. The molecule has 3 aromatic rings. The zero-order valence-electron chi connectivity index (χ0n) is 16.8. The van der Waals surface area contributed by atoms with Crippen LogP contribution >= 0.6 is 0 Å². The smallest absolute Gasteiger partial charge is 0.257 e. The van der Waals surface area contributed by atoms with Crippen LogP contribution in [0.4, 0.5) is 10.1 Å². The molecule has 0 aliphatic heterocycles. The molecule has 7 nitrogen and oxygen atoms in total. The Morgan fingerprint density at radius 1 is 1.17 bits per heavy atom. The van der Waals surface area contributed by atoms with Crippen LogP contribution in [0.1, 0.15) is 27.3 Å². The van der Waals surface area contributed by atoms with Crippen LogP contribution in [0.3, 0.4) is 0 Å². The van der Waals surface area contributed by atoms with E-state index in [4.69, 9.17) is 9.88 Å². The van der Waals surface area contributed by atoms with Crippen molar-refractivity contribution in [1.82, 2.24) is 4.57 Å². The summed E-state index contributed by atoms with van der Waals surface area (Å²) in [6.45, 7) is 3.00. The number of carbonyl (C=O) groups excluding carboxylic acids is 1. The van der Waals surface area contributed by atoms with Gasteiger partial charge in [0.2, 0.25) is 10.0 Å². The zero-order chi connectivity index (χ0) is 22.1. The highest BCUT2D eigenvalue weighted by molar-refractivity contribution is 7.89. The first-order valence-electron chi connectivity index (χ1n) is 9.02. The first kappa shape index (κ1) is 21.5. The number of methoxy groups -OCH3 is 1. The van der Waals surface area contributed by atoms with E-state index in [-0.39, 0.29) is 10.6 Å². The number of aromatic nitrogens is 1. The van der Waals surface area contributed by atoms with Crippen LogP contribution in [0.25, 0.3) is 5.69 Å². The molecule has 1 amide bonds. The number of ether oxygens (including phenoxy) is 1. The maximum atomic E-state index is 13.4. The minimum absolute atomic E-state index is 0.0256. The van der Waals surface area contributed by atoms with Crippen LogP contribution in [0, 0.1) is 13.8 Å². The zero-order valence-corrected chi connectivity index (χ0v) is 17.6. The van der Waals surface area contributed by atoms with Crippen LogP contribution < -0.4 is 15.2 Å². The Morgan fingerprint density at radius 3 is 2.50 bits per heavy atom. The molecule has 2 aromatic carbocycles. The lowest BCUT2D eigenvalue weighted by molar-refractivity contribution is 0.102. The van der Waals surface area contributed by atoms with E-state index >= 15 is 0 Å². The van der Waals surface area contributed by atoms with Gasteiger partial charge < -0.3 is 14.6 Å². The van der Waals surface area contributed by atoms with Gasteiger partial charge in [0, 0.05) is 28.7 Å². The Balaban J connectivity index is 1.96. The van der Waals surface area contributed by atoms with Gasteiger partial charge in [0.15, 0.2) is 0 Å². The molecule has 9 heteroatoms. The van der Waals surface area contributed by atoms with E-state index < -0.39 is 22.6 Å². The number of rotatable bonds is 6. The van der Waals surface area contributed by atoms with Gasteiger partial charge >= 0.3 is 0 Å². The van der Waals surface area contributed by atoms with Crippen LogP contribution in [0.2, 0.25) is 0 Å². The molecule has 0 radical (unpaired) electrons. The number of nitrogens with zero attached hydrogens (tertiary/aromatic N) is 1. The Morgan fingerprint density at radius 2 is 1.87 bits per heavy atom. The number of hydrogen-bond acceptors (Lipinski definition) is 4. The predicted molar refractivity (Wildman–Crippen MR) is 112 cm³/mol. The standard InChI is InChI=1S/C21H22FN3O4S/c1-13-10-17(14(2)25(13)18-7-5-4-6-15(18)12-22)21(26)24-16-8-9-20(30(23,27)28)19(11-16)29-3/h4-11H,12H2,1-3H3,(H,24,26)(H2,23,27,28). The molecule has 0 spiro atoms. The molecule has 0 atom stereocenters. The fourth-order valence-electron chi connectivity index (χ4n) is 3.38. The third kappa shape index (κ3) is 4.07. The number of carbonyl (C=O) groups is 1. The maximum Gasteiger partial charge on any atom is 0.257 e.